The van der Waals surface area contributed by atoms with Gasteiger partial charge in [-0.1, -0.05) is 26.1 Å². The molecule has 0 aliphatic carbocycles. The Morgan fingerprint density at radius 1 is 1.21 bits per heavy atom. The van der Waals surface area contributed by atoms with Gasteiger partial charge in [-0.15, -0.1) is 0 Å². The zero-order valence-corrected chi connectivity index (χ0v) is 17.9. The molecule has 8 nitrogen and oxygen atoms in total. The molecule has 2 heterocycles. The summed E-state index contributed by atoms with van der Waals surface area (Å²) in [5, 5.41) is 3.17. The minimum atomic E-state index is -0.341. The maximum absolute atomic E-state index is 12.3. The van der Waals surface area contributed by atoms with E-state index in [-0.39, 0.29) is 24.2 Å². The fraction of sp³-hybridized carbons (Fsp3) is 0.550. The molecule has 2 aliphatic heterocycles. The van der Waals surface area contributed by atoms with E-state index in [2.05, 4.69) is 10.2 Å². The van der Waals surface area contributed by atoms with Crippen molar-refractivity contribution in [1.29, 1.82) is 0 Å². The summed E-state index contributed by atoms with van der Waals surface area (Å²) in [6, 6.07) is 7.85. The van der Waals surface area contributed by atoms with Crippen molar-refractivity contribution in [2.75, 3.05) is 56.2 Å². The summed E-state index contributed by atoms with van der Waals surface area (Å²) in [6.45, 7) is 7.79. The van der Waals surface area contributed by atoms with Gasteiger partial charge in [0.2, 0.25) is 0 Å². The predicted octanol–water partition coefficient (Wildman–Crippen LogP) is 2.47. The average molecular weight is 421 g/mol. The van der Waals surface area contributed by atoms with E-state index in [1.807, 2.05) is 38.1 Å². The second kappa shape index (κ2) is 9.30. The lowest BCUT2D eigenvalue weighted by molar-refractivity contribution is 0.121. The molecule has 0 saturated carbocycles. The van der Waals surface area contributed by atoms with Crippen LogP contribution in [0.25, 0.3) is 0 Å². The molecule has 1 atom stereocenters. The topological polar surface area (TPSA) is 74.3 Å². The zero-order chi connectivity index (χ0) is 21.0. The number of rotatable bonds is 5. The molecule has 1 aromatic rings. The highest BCUT2D eigenvalue weighted by Gasteiger charge is 2.32. The van der Waals surface area contributed by atoms with E-state index in [0.29, 0.717) is 26.2 Å². The van der Waals surface area contributed by atoms with E-state index >= 15 is 0 Å². The van der Waals surface area contributed by atoms with Gasteiger partial charge < -0.3 is 24.6 Å². The monoisotopic (exact) mass is 420 g/mol. The van der Waals surface area contributed by atoms with Gasteiger partial charge >= 0.3 is 12.2 Å². The number of hydrogen-bond acceptors (Lipinski definition) is 6. The number of nitrogens with one attached hydrogen (secondary N) is 1. The Balaban J connectivity index is 1.54. The smallest absolute Gasteiger partial charge is 0.414 e. The van der Waals surface area contributed by atoms with Crippen molar-refractivity contribution in [3.8, 4) is 0 Å². The highest BCUT2D eigenvalue weighted by molar-refractivity contribution is 7.80. The number of hydrogen-bond donors (Lipinski definition) is 1. The summed E-state index contributed by atoms with van der Waals surface area (Å²) < 4.78 is 10.2. The third kappa shape index (κ3) is 5.09. The molecule has 0 aromatic heterocycles. The Labute approximate surface area is 176 Å². The molecule has 0 unspecified atom stereocenters. The van der Waals surface area contributed by atoms with Crippen LogP contribution in [0.3, 0.4) is 0 Å². The van der Waals surface area contributed by atoms with E-state index in [0.717, 1.165) is 29.5 Å². The SMILES string of the molecule is COC(=O)N1CCN(c2ccc(N3C[C@H](CNC(=S)C(C)C)OC3=O)cc2)CC1. The van der Waals surface area contributed by atoms with Crippen LogP contribution in [-0.2, 0) is 9.47 Å². The van der Waals surface area contributed by atoms with Crippen molar-refractivity contribution in [3.05, 3.63) is 24.3 Å². The Hall–Kier alpha value is -2.55. The first-order valence-electron chi connectivity index (χ1n) is 9.82. The van der Waals surface area contributed by atoms with Crippen LogP contribution in [0.4, 0.5) is 21.0 Å². The van der Waals surface area contributed by atoms with E-state index in [9.17, 15) is 9.59 Å². The van der Waals surface area contributed by atoms with E-state index in [1.165, 1.54) is 7.11 Å². The lowest BCUT2D eigenvalue weighted by Crippen LogP contribution is -2.48. The number of benzene rings is 1. The van der Waals surface area contributed by atoms with Crippen LogP contribution in [0.2, 0.25) is 0 Å². The third-order valence-corrected chi connectivity index (χ3v) is 5.76. The van der Waals surface area contributed by atoms with Gasteiger partial charge in [-0.25, -0.2) is 9.59 Å². The van der Waals surface area contributed by atoms with Gasteiger partial charge in [0.1, 0.15) is 6.10 Å². The fourth-order valence-electron chi connectivity index (χ4n) is 3.38. The van der Waals surface area contributed by atoms with Crippen molar-refractivity contribution in [2.45, 2.75) is 20.0 Å². The van der Waals surface area contributed by atoms with Gasteiger partial charge in [-0.05, 0) is 24.3 Å². The predicted molar refractivity (Wildman–Crippen MR) is 116 cm³/mol. The van der Waals surface area contributed by atoms with Crippen LogP contribution >= 0.6 is 12.2 Å². The van der Waals surface area contributed by atoms with Gasteiger partial charge in [0.25, 0.3) is 0 Å². The molecule has 29 heavy (non-hydrogen) atoms. The lowest BCUT2D eigenvalue weighted by atomic mass is 10.2. The molecule has 3 rings (SSSR count). The summed E-state index contributed by atoms with van der Waals surface area (Å²) in [6.07, 6.45) is -0.859. The number of piperazine rings is 1. The quantitative estimate of drug-likeness (QED) is 0.734. The molecule has 0 spiro atoms. The Bertz CT molecular complexity index is 747. The molecule has 0 bridgehead atoms. The highest BCUT2D eigenvalue weighted by atomic mass is 32.1. The Kier molecular flexibility index (Phi) is 6.79. The number of thiocarbonyl (C=S) groups is 1. The molecule has 2 amide bonds. The second-order valence-electron chi connectivity index (χ2n) is 7.48. The molecule has 1 aromatic carbocycles. The normalized spacial score (nSPS) is 19.4. The molecule has 2 fully saturated rings. The van der Waals surface area contributed by atoms with E-state index in [1.54, 1.807) is 9.80 Å². The maximum atomic E-state index is 12.3. The summed E-state index contributed by atoms with van der Waals surface area (Å²) in [5.41, 5.74) is 1.87. The Morgan fingerprint density at radius 2 is 1.83 bits per heavy atom. The van der Waals surface area contributed by atoms with Crippen molar-refractivity contribution >= 4 is 40.8 Å². The Morgan fingerprint density at radius 3 is 2.41 bits per heavy atom. The first-order valence-corrected chi connectivity index (χ1v) is 10.2. The van der Waals surface area contributed by atoms with E-state index in [4.69, 9.17) is 21.7 Å². The minimum absolute atomic E-state index is 0.231. The van der Waals surface area contributed by atoms with Crippen LogP contribution in [0, 0.1) is 5.92 Å². The zero-order valence-electron chi connectivity index (χ0n) is 17.1. The third-order valence-electron chi connectivity index (χ3n) is 5.14. The maximum Gasteiger partial charge on any atom is 0.414 e. The molecule has 1 N–H and O–H groups in total. The fourth-order valence-corrected chi connectivity index (χ4v) is 3.46. The van der Waals surface area contributed by atoms with Crippen molar-refractivity contribution in [1.82, 2.24) is 10.2 Å². The average Bonchev–Trinajstić information content (AvgIpc) is 3.12. The van der Waals surface area contributed by atoms with Crippen LogP contribution in [0.5, 0.6) is 0 Å². The van der Waals surface area contributed by atoms with Crippen molar-refractivity contribution < 1.29 is 19.1 Å². The van der Waals surface area contributed by atoms with Crippen LogP contribution in [0.1, 0.15) is 13.8 Å². The first-order chi connectivity index (χ1) is 13.9. The number of carbonyl (C=O) groups is 2. The summed E-state index contributed by atoms with van der Waals surface area (Å²) >= 11 is 5.27. The summed E-state index contributed by atoms with van der Waals surface area (Å²) in [5.74, 6) is 0.264. The molecule has 0 radical (unpaired) electrons. The number of amides is 2. The minimum Gasteiger partial charge on any atom is -0.453 e. The van der Waals surface area contributed by atoms with Crippen LogP contribution in [-0.4, -0.2) is 74.6 Å². The van der Waals surface area contributed by atoms with Gasteiger partial charge in [0.05, 0.1) is 25.2 Å². The number of anilines is 2. The van der Waals surface area contributed by atoms with Crippen molar-refractivity contribution in [3.63, 3.8) is 0 Å². The largest absolute Gasteiger partial charge is 0.453 e. The molecule has 9 heteroatoms. The van der Waals surface area contributed by atoms with Gasteiger partial charge in [-0.2, -0.15) is 0 Å². The van der Waals surface area contributed by atoms with Crippen LogP contribution in [0.15, 0.2) is 24.3 Å². The number of nitrogens with zero attached hydrogens (tertiary/aromatic N) is 3. The van der Waals surface area contributed by atoms with Crippen molar-refractivity contribution in [2.24, 2.45) is 5.92 Å². The summed E-state index contributed by atoms with van der Waals surface area (Å²) in [4.78, 5) is 30.2. The molecular formula is C20H28N4O4S. The van der Waals surface area contributed by atoms with Crippen LogP contribution < -0.4 is 15.1 Å². The molecular weight excluding hydrogens is 392 g/mol. The highest BCUT2D eigenvalue weighted by Crippen LogP contribution is 2.25. The molecule has 2 aliphatic rings. The summed E-state index contributed by atoms with van der Waals surface area (Å²) in [7, 11) is 1.40. The lowest BCUT2D eigenvalue weighted by Gasteiger charge is -2.35. The second-order valence-corrected chi connectivity index (χ2v) is 7.92. The molecule has 158 valence electrons. The number of ether oxygens (including phenoxy) is 2. The number of cyclic esters (lactones) is 1. The first kappa shape index (κ1) is 21.2. The van der Waals surface area contributed by atoms with E-state index < -0.39 is 0 Å². The standard InChI is InChI=1S/C20H28N4O4S/c1-14(2)18(29)21-12-17-13-24(20(26)28-17)16-6-4-15(5-7-16)22-8-10-23(11-9-22)19(25)27-3/h4-7,14,17H,8-13H2,1-3H3,(H,21,29)/t17-/m0/s1. The number of methoxy groups -OCH3 is 1. The van der Waals surface area contributed by atoms with Gasteiger partial charge in [0, 0.05) is 43.5 Å². The van der Waals surface area contributed by atoms with Gasteiger partial charge in [-0.3, -0.25) is 4.90 Å². The van der Waals surface area contributed by atoms with Gasteiger partial charge in [0.15, 0.2) is 0 Å². The number of carbonyl (C=O) groups excluding carboxylic acids is 2. The molecule has 2 saturated heterocycles.